The number of nitrogens with zero attached hydrogens (tertiary/aromatic N) is 1. The van der Waals surface area contributed by atoms with Crippen molar-refractivity contribution in [3.05, 3.63) is 83.9 Å². The number of methoxy groups -OCH3 is 3. The van der Waals surface area contributed by atoms with Gasteiger partial charge in [-0.15, -0.1) is 0 Å². The van der Waals surface area contributed by atoms with Gasteiger partial charge >= 0.3 is 0 Å². The van der Waals surface area contributed by atoms with Crippen LogP contribution in [0, 0.1) is 0 Å². The third-order valence-corrected chi connectivity index (χ3v) is 6.01. The average Bonchev–Trinajstić information content (AvgIpc) is 2.90. The lowest BCUT2D eigenvalue weighted by molar-refractivity contribution is 0.0940. The fourth-order valence-electron chi connectivity index (χ4n) is 4.14. The van der Waals surface area contributed by atoms with Gasteiger partial charge in [0.25, 0.3) is 5.91 Å². The lowest BCUT2D eigenvalue weighted by Gasteiger charge is -2.17. The van der Waals surface area contributed by atoms with Gasteiger partial charge < -0.3 is 19.5 Å². The largest absolute Gasteiger partial charge is 0.493 e. The monoisotopic (exact) mass is 470 g/mol. The maximum absolute atomic E-state index is 13.4. The van der Waals surface area contributed by atoms with E-state index >= 15 is 0 Å². The molecule has 4 rings (SSSR count). The molecule has 0 unspecified atom stereocenters. The molecule has 4 aromatic rings. The number of rotatable bonds is 9. The maximum Gasteiger partial charge on any atom is 0.252 e. The zero-order valence-corrected chi connectivity index (χ0v) is 20.5. The van der Waals surface area contributed by atoms with Crippen LogP contribution in [-0.2, 0) is 6.42 Å². The zero-order valence-electron chi connectivity index (χ0n) is 20.5. The van der Waals surface area contributed by atoms with Crippen LogP contribution >= 0.6 is 0 Å². The minimum atomic E-state index is -0.127. The number of aromatic nitrogens is 1. The van der Waals surface area contributed by atoms with Crippen LogP contribution in [0.1, 0.15) is 29.3 Å². The van der Waals surface area contributed by atoms with Crippen molar-refractivity contribution in [3.63, 3.8) is 0 Å². The maximum atomic E-state index is 13.4. The van der Waals surface area contributed by atoms with Crippen LogP contribution in [0.2, 0.25) is 0 Å². The molecule has 6 heteroatoms. The molecule has 0 fully saturated rings. The Bertz CT molecular complexity index is 1300. The Hall–Kier alpha value is -4.06. The van der Waals surface area contributed by atoms with Gasteiger partial charge in [-0.25, -0.2) is 4.98 Å². The molecule has 0 bridgehead atoms. The van der Waals surface area contributed by atoms with Crippen molar-refractivity contribution in [2.45, 2.75) is 25.8 Å². The van der Waals surface area contributed by atoms with E-state index in [1.807, 2.05) is 67.6 Å². The van der Waals surface area contributed by atoms with Gasteiger partial charge in [0.15, 0.2) is 11.5 Å². The van der Waals surface area contributed by atoms with Gasteiger partial charge in [0.1, 0.15) is 0 Å². The van der Waals surface area contributed by atoms with Crippen LogP contribution in [-0.4, -0.2) is 38.3 Å². The van der Waals surface area contributed by atoms with Crippen LogP contribution in [0.15, 0.2) is 72.8 Å². The van der Waals surface area contributed by atoms with Crippen LogP contribution in [0.25, 0.3) is 22.2 Å². The number of para-hydroxylation sites is 1. The summed E-state index contributed by atoms with van der Waals surface area (Å²) in [5, 5.41) is 3.97. The smallest absolute Gasteiger partial charge is 0.252 e. The van der Waals surface area contributed by atoms with Gasteiger partial charge in [-0.05, 0) is 49.6 Å². The Morgan fingerprint density at radius 3 is 2.20 bits per heavy atom. The summed E-state index contributed by atoms with van der Waals surface area (Å²) in [5.74, 6) is 1.43. The Balaban J connectivity index is 1.67. The molecule has 1 N–H and O–H groups in total. The van der Waals surface area contributed by atoms with Gasteiger partial charge in [-0.3, -0.25) is 4.79 Å². The van der Waals surface area contributed by atoms with Crippen LogP contribution in [0.4, 0.5) is 0 Å². The third kappa shape index (κ3) is 5.38. The van der Waals surface area contributed by atoms with Gasteiger partial charge in [0.2, 0.25) is 5.75 Å². The number of fused-ring (bicyclic) bond motifs is 1. The first-order valence-electron chi connectivity index (χ1n) is 11.6. The third-order valence-electron chi connectivity index (χ3n) is 6.01. The molecule has 0 spiro atoms. The molecule has 3 aromatic carbocycles. The number of ether oxygens (including phenoxy) is 3. The number of amides is 1. The Morgan fingerprint density at radius 2 is 1.54 bits per heavy atom. The molecule has 1 atom stereocenters. The zero-order chi connectivity index (χ0) is 24.8. The average molecular weight is 471 g/mol. The van der Waals surface area contributed by atoms with Crippen molar-refractivity contribution in [2.24, 2.45) is 0 Å². The minimum Gasteiger partial charge on any atom is -0.493 e. The highest BCUT2D eigenvalue weighted by molar-refractivity contribution is 6.07. The molecule has 0 saturated heterocycles. The fourth-order valence-corrected chi connectivity index (χ4v) is 4.14. The van der Waals surface area contributed by atoms with E-state index in [4.69, 9.17) is 19.2 Å². The summed E-state index contributed by atoms with van der Waals surface area (Å²) in [6, 6.07) is 23.5. The van der Waals surface area contributed by atoms with Crippen molar-refractivity contribution in [1.82, 2.24) is 10.3 Å². The lowest BCUT2D eigenvalue weighted by atomic mass is 10.0. The highest BCUT2D eigenvalue weighted by Crippen LogP contribution is 2.41. The second-order valence-corrected chi connectivity index (χ2v) is 8.39. The Labute approximate surface area is 205 Å². The molecule has 6 nitrogen and oxygen atoms in total. The highest BCUT2D eigenvalue weighted by Gasteiger charge is 2.19. The van der Waals surface area contributed by atoms with Crippen LogP contribution in [0.5, 0.6) is 17.2 Å². The molecule has 1 heterocycles. The summed E-state index contributed by atoms with van der Waals surface area (Å²) >= 11 is 0. The predicted molar refractivity (Wildman–Crippen MR) is 139 cm³/mol. The number of hydrogen-bond acceptors (Lipinski definition) is 5. The molecule has 1 aromatic heterocycles. The van der Waals surface area contributed by atoms with E-state index in [1.54, 1.807) is 21.3 Å². The van der Waals surface area contributed by atoms with Gasteiger partial charge in [0, 0.05) is 17.0 Å². The first-order valence-corrected chi connectivity index (χ1v) is 11.6. The topological polar surface area (TPSA) is 69.7 Å². The Kier molecular flexibility index (Phi) is 7.51. The summed E-state index contributed by atoms with van der Waals surface area (Å²) < 4.78 is 16.5. The van der Waals surface area contributed by atoms with E-state index in [2.05, 4.69) is 17.4 Å². The molecular weight excluding hydrogens is 440 g/mol. The summed E-state index contributed by atoms with van der Waals surface area (Å²) in [7, 11) is 4.71. The van der Waals surface area contributed by atoms with Crippen molar-refractivity contribution < 1.29 is 19.0 Å². The van der Waals surface area contributed by atoms with Crippen LogP contribution < -0.4 is 19.5 Å². The molecule has 1 amide bonds. The number of carbonyl (C=O) groups excluding carboxylic acids is 1. The normalized spacial score (nSPS) is 11.7. The van der Waals surface area contributed by atoms with Gasteiger partial charge in [0.05, 0.1) is 38.1 Å². The quantitative estimate of drug-likeness (QED) is 0.341. The molecule has 35 heavy (non-hydrogen) atoms. The second kappa shape index (κ2) is 10.9. The van der Waals surface area contributed by atoms with E-state index < -0.39 is 0 Å². The van der Waals surface area contributed by atoms with Gasteiger partial charge in [-0.2, -0.15) is 0 Å². The van der Waals surface area contributed by atoms with Crippen molar-refractivity contribution in [2.75, 3.05) is 21.3 Å². The summed E-state index contributed by atoms with van der Waals surface area (Å²) in [6.45, 7) is 2.03. The van der Waals surface area contributed by atoms with Gasteiger partial charge in [-0.1, -0.05) is 48.5 Å². The number of pyridine rings is 1. The molecule has 180 valence electrons. The summed E-state index contributed by atoms with van der Waals surface area (Å²) in [4.78, 5) is 18.2. The lowest BCUT2D eigenvalue weighted by Crippen LogP contribution is -2.33. The minimum absolute atomic E-state index is 0.0132. The molecule has 0 radical (unpaired) electrons. The molecule has 0 aliphatic carbocycles. The van der Waals surface area contributed by atoms with E-state index in [9.17, 15) is 4.79 Å². The number of nitrogens with one attached hydrogen (secondary N) is 1. The molecular formula is C29H30N2O4. The SMILES string of the molecule is COc1cc(-c2cc(C(=O)N[C@@H](C)CCc3ccccc3)c3ccccc3n2)cc(OC)c1OC. The fraction of sp³-hybridized carbons (Fsp3) is 0.241. The molecule has 0 saturated carbocycles. The molecule has 0 aliphatic heterocycles. The number of hydrogen-bond donors (Lipinski definition) is 1. The number of carbonyl (C=O) groups is 1. The number of aryl methyl sites for hydroxylation is 1. The number of benzene rings is 3. The highest BCUT2D eigenvalue weighted by atomic mass is 16.5. The van der Waals surface area contributed by atoms with Crippen molar-refractivity contribution >= 4 is 16.8 Å². The summed E-state index contributed by atoms with van der Waals surface area (Å²) in [6.07, 6.45) is 1.74. The van der Waals surface area contributed by atoms with Crippen molar-refractivity contribution in [3.8, 4) is 28.5 Å². The van der Waals surface area contributed by atoms with E-state index in [0.29, 0.717) is 28.5 Å². The van der Waals surface area contributed by atoms with E-state index in [1.165, 1.54) is 5.56 Å². The summed E-state index contributed by atoms with van der Waals surface area (Å²) in [5.41, 5.74) is 3.97. The first-order chi connectivity index (χ1) is 17.0. The van der Waals surface area contributed by atoms with E-state index in [0.717, 1.165) is 29.3 Å². The van der Waals surface area contributed by atoms with E-state index in [-0.39, 0.29) is 11.9 Å². The second-order valence-electron chi connectivity index (χ2n) is 8.39. The Morgan fingerprint density at radius 1 is 0.886 bits per heavy atom. The molecule has 0 aliphatic rings. The van der Waals surface area contributed by atoms with Crippen molar-refractivity contribution in [1.29, 1.82) is 0 Å². The first kappa shape index (κ1) is 24.1. The van der Waals surface area contributed by atoms with Crippen LogP contribution in [0.3, 0.4) is 0 Å². The predicted octanol–water partition coefficient (Wildman–Crippen LogP) is 5.68. The standard InChI is InChI=1S/C29H30N2O4/c1-19(14-15-20-10-6-5-7-11-20)30-29(32)23-18-25(31-24-13-9-8-12-22(23)24)21-16-26(33-2)28(35-4)27(17-21)34-3/h5-13,16-19H,14-15H2,1-4H3,(H,30,32)/t19-/m0/s1.